The van der Waals surface area contributed by atoms with Crippen molar-refractivity contribution in [3.8, 4) is 0 Å². The number of rotatable bonds is 10. The van der Waals surface area contributed by atoms with Crippen LogP contribution in [0.1, 0.15) is 47.5 Å². The molecule has 0 saturated carbocycles. The number of carbonyl (C=O) groups excluding carboxylic acids is 1. The molecular formula is C15H32N2O3. The maximum atomic E-state index is 11.7. The van der Waals surface area contributed by atoms with Crippen LogP contribution in [-0.2, 0) is 14.3 Å². The van der Waals surface area contributed by atoms with Crippen LogP contribution >= 0.6 is 0 Å². The summed E-state index contributed by atoms with van der Waals surface area (Å²) in [5, 5.41) is 2.84. The van der Waals surface area contributed by atoms with Crippen molar-refractivity contribution in [1.29, 1.82) is 0 Å². The van der Waals surface area contributed by atoms with Gasteiger partial charge in [-0.25, -0.2) is 0 Å². The van der Waals surface area contributed by atoms with E-state index < -0.39 is 5.60 Å². The highest BCUT2D eigenvalue weighted by Gasteiger charge is 2.22. The van der Waals surface area contributed by atoms with Crippen LogP contribution < -0.4 is 11.1 Å². The fourth-order valence-electron chi connectivity index (χ4n) is 1.58. The van der Waals surface area contributed by atoms with E-state index in [1.165, 1.54) is 0 Å². The SMILES string of the molecule is CC(C)(C)CCOCCNC(=O)CC(C)(C)OCCN. The Labute approximate surface area is 123 Å². The summed E-state index contributed by atoms with van der Waals surface area (Å²) >= 11 is 0. The van der Waals surface area contributed by atoms with Gasteiger partial charge in [-0.2, -0.15) is 0 Å². The standard InChI is InChI=1S/C15H32N2O3/c1-14(2,3)6-9-19-11-8-17-13(18)12-15(4,5)20-10-7-16/h6-12,16H2,1-5H3,(H,17,18). The monoisotopic (exact) mass is 288 g/mol. The lowest BCUT2D eigenvalue weighted by Crippen LogP contribution is -2.36. The molecule has 0 spiro atoms. The quantitative estimate of drug-likeness (QED) is 0.600. The summed E-state index contributed by atoms with van der Waals surface area (Å²) in [6.45, 7) is 13.1. The molecule has 3 N–H and O–H groups in total. The number of ether oxygens (including phenoxy) is 2. The Morgan fingerprint density at radius 1 is 1.10 bits per heavy atom. The van der Waals surface area contributed by atoms with Crippen LogP contribution in [0.25, 0.3) is 0 Å². The van der Waals surface area contributed by atoms with Gasteiger partial charge < -0.3 is 20.5 Å². The van der Waals surface area contributed by atoms with Gasteiger partial charge >= 0.3 is 0 Å². The lowest BCUT2D eigenvalue weighted by Gasteiger charge is -2.24. The lowest BCUT2D eigenvalue weighted by atomic mass is 9.93. The Hall–Kier alpha value is -0.650. The Kier molecular flexibility index (Phi) is 9.01. The van der Waals surface area contributed by atoms with Gasteiger partial charge in [0.1, 0.15) is 0 Å². The summed E-state index contributed by atoms with van der Waals surface area (Å²) < 4.78 is 11.0. The highest BCUT2D eigenvalue weighted by molar-refractivity contribution is 5.76. The van der Waals surface area contributed by atoms with Crippen LogP contribution in [-0.4, -0.2) is 44.4 Å². The molecule has 20 heavy (non-hydrogen) atoms. The van der Waals surface area contributed by atoms with Gasteiger partial charge in [0.2, 0.25) is 5.91 Å². The van der Waals surface area contributed by atoms with Gasteiger partial charge in [0.25, 0.3) is 0 Å². The third-order valence-corrected chi connectivity index (χ3v) is 2.76. The Morgan fingerprint density at radius 3 is 2.30 bits per heavy atom. The van der Waals surface area contributed by atoms with Gasteiger partial charge in [0.15, 0.2) is 0 Å². The molecular weight excluding hydrogens is 256 g/mol. The Balaban J connectivity index is 3.63. The molecule has 0 aliphatic heterocycles. The minimum atomic E-state index is -0.476. The zero-order chi connectivity index (χ0) is 15.6. The normalized spacial score (nSPS) is 12.5. The zero-order valence-corrected chi connectivity index (χ0v) is 13.8. The number of hydrogen-bond donors (Lipinski definition) is 2. The smallest absolute Gasteiger partial charge is 0.222 e. The molecule has 0 aliphatic rings. The zero-order valence-electron chi connectivity index (χ0n) is 13.8. The van der Waals surface area contributed by atoms with Gasteiger partial charge in [-0.1, -0.05) is 20.8 Å². The molecule has 1 amide bonds. The van der Waals surface area contributed by atoms with Crippen LogP contribution in [0.3, 0.4) is 0 Å². The predicted molar refractivity (Wildman–Crippen MR) is 81.6 cm³/mol. The fourth-order valence-corrected chi connectivity index (χ4v) is 1.58. The van der Waals surface area contributed by atoms with Crippen LogP contribution in [0.4, 0.5) is 0 Å². The van der Waals surface area contributed by atoms with Crippen molar-refractivity contribution < 1.29 is 14.3 Å². The average Bonchev–Trinajstić information content (AvgIpc) is 2.29. The molecule has 0 saturated heterocycles. The maximum Gasteiger partial charge on any atom is 0.222 e. The molecule has 0 bridgehead atoms. The molecule has 0 rings (SSSR count). The third kappa shape index (κ3) is 12.4. The molecule has 0 aromatic carbocycles. The van der Waals surface area contributed by atoms with Crippen LogP contribution in [0.2, 0.25) is 0 Å². The molecule has 0 atom stereocenters. The van der Waals surface area contributed by atoms with E-state index in [0.717, 1.165) is 13.0 Å². The van der Waals surface area contributed by atoms with Gasteiger partial charge in [0.05, 0.1) is 25.2 Å². The van der Waals surface area contributed by atoms with Crippen molar-refractivity contribution in [2.75, 3.05) is 32.9 Å². The molecule has 0 heterocycles. The van der Waals surface area contributed by atoms with Gasteiger partial charge in [-0.15, -0.1) is 0 Å². The molecule has 0 aromatic rings. The molecule has 5 nitrogen and oxygen atoms in total. The summed E-state index contributed by atoms with van der Waals surface area (Å²) in [5.41, 5.74) is 5.19. The van der Waals surface area contributed by atoms with Crippen molar-refractivity contribution in [2.45, 2.75) is 53.1 Å². The van der Waals surface area contributed by atoms with E-state index in [0.29, 0.717) is 32.7 Å². The summed E-state index contributed by atoms with van der Waals surface area (Å²) in [6, 6.07) is 0. The first-order valence-electron chi connectivity index (χ1n) is 7.35. The first-order valence-corrected chi connectivity index (χ1v) is 7.35. The topological polar surface area (TPSA) is 73.6 Å². The van der Waals surface area contributed by atoms with E-state index >= 15 is 0 Å². The second-order valence-electron chi connectivity index (χ2n) is 6.85. The van der Waals surface area contributed by atoms with E-state index in [2.05, 4.69) is 26.1 Å². The maximum absolute atomic E-state index is 11.7. The van der Waals surface area contributed by atoms with E-state index in [1.54, 1.807) is 0 Å². The summed E-state index contributed by atoms with van der Waals surface area (Å²) in [4.78, 5) is 11.7. The first-order chi connectivity index (χ1) is 9.16. The van der Waals surface area contributed by atoms with Gasteiger partial charge in [0, 0.05) is 19.7 Å². The van der Waals surface area contributed by atoms with Gasteiger partial charge in [-0.3, -0.25) is 4.79 Å². The second-order valence-corrected chi connectivity index (χ2v) is 6.85. The molecule has 0 aliphatic carbocycles. The molecule has 0 aromatic heterocycles. The second kappa shape index (κ2) is 9.32. The number of nitrogens with two attached hydrogens (primary N) is 1. The summed E-state index contributed by atoms with van der Waals surface area (Å²) in [7, 11) is 0. The molecule has 0 fully saturated rings. The van der Waals surface area contributed by atoms with Crippen LogP contribution in [0.5, 0.6) is 0 Å². The molecule has 0 unspecified atom stereocenters. The lowest BCUT2D eigenvalue weighted by molar-refractivity contribution is -0.127. The molecule has 0 radical (unpaired) electrons. The number of amides is 1. The Morgan fingerprint density at radius 2 is 1.75 bits per heavy atom. The predicted octanol–water partition coefficient (Wildman–Crippen LogP) is 1.70. The third-order valence-electron chi connectivity index (χ3n) is 2.76. The molecule has 120 valence electrons. The van der Waals surface area contributed by atoms with Crippen molar-refractivity contribution in [2.24, 2.45) is 11.1 Å². The first kappa shape index (κ1) is 19.4. The summed E-state index contributed by atoms with van der Waals surface area (Å²) in [6.07, 6.45) is 1.34. The highest BCUT2D eigenvalue weighted by atomic mass is 16.5. The van der Waals surface area contributed by atoms with Gasteiger partial charge in [-0.05, 0) is 25.7 Å². The van der Waals surface area contributed by atoms with Crippen LogP contribution in [0.15, 0.2) is 0 Å². The van der Waals surface area contributed by atoms with Crippen molar-refractivity contribution in [3.05, 3.63) is 0 Å². The fraction of sp³-hybridized carbons (Fsp3) is 0.933. The number of hydrogen-bond acceptors (Lipinski definition) is 4. The minimum absolute atomic E-state index is 0.0218. The van der Waals surface area contributed by atoms with E-state index in [4.69, 9.17) is 15.2 Å². The van der Waals surface area contributed by atoms with E-state index in [1.807, 2.05) is 13.8 Å². The molecule has 5 heteroatoms. The highest BCUT2D eigenvalue weighted by Crippen LogP contribution is 2.17. The van der Waals surface area contributed by atoms with Crippen LogP contribution in [0, 0.1) is 5.41 Å². The number of carbonyl (C=O) groups is 1. The van der Waals surface area contributed by atoms with Crippen molar-refractivity contribution in [3.63, 3.8) is 0 Å². The average molecular weight is 288 g/mol. The summed E-state index contributed by atoms with van der Waals surface area (Å²) in [5.74, 6) is -0.0218. The van der Waals surface area contributed by atoms with Crippen molar-refractivity contribution >= 4 is 5.91 Å². The Bertz CT molecular complexity index is 273. The van der Waals surface area contributed by atoms with E-state index in [-0.39, 0.29) is 11.3 Å². The minimum Gasteiger partial charge on any atom is -0.380 e. The largest absolute Gasteiger partial charge is 0.380 e. The van der Waals surface area contributed by atoms with E-state index in [9.17, 15) is 4.79 Å². The number of nitrogens with one attached hydrogen (secondary N) is 1. The van der Waals surface area contributed by atoms with Crippen molar-refractivity contribution in [1.82, 2.24) is 5.32 Å².